The van der Waals surface area contributed by atoms with Crippen molar-refractivity contribution in [3.8, 4) is 0 Å². The third-order valence-electron chi connectivity index (χ3n) is 1.85. The summed E-state index contributed by atoms with van der Waals surface area (Å²) in [7, 11) is -4.22. The van der Waals surface area contributed by atoms with Gasteiger partial charge >= 0.3 is 6.18 Å². The van der Waals surface area contributed by atoms with Gasteiger partial charge < -0.3 is 0 Å². The van der Waals surface area contributed by atoms with E-state index in [-0.39, 0.29) is 6.07 Å². The molecule has 0 amide bonds. The number of rotatable bonds is 2. The second-order valence-corrected chi connectivity index (χ2v) is 7.23. The summed E-state index contributed by atoms with van der Waals surface area (Å²) in [6.45, 7) is 0. The molecule has 5 nitrogen and oxygen atoms in total. The maximum atomic E-state index is 12.6. The molecule has 0 fully saturated rings. The zero-order valence-corrected chi connectivity index (χ0v) is 10.7. The number of primary sulfonamides is 1. The lowest BCUT2D eigenvalue weighted by molar-refractivity contribution is -0.140. The Hall–Kier alpha value is -0.840. The predicted molar refractivity (Wildman–Crippen MR) is 55.9 cm³/mol. The number of benzene rings is 1. The Labute approximate surface area is 105 Å². The van der Waals surface area contributed by atoms with Crippen molar-refractivity contribution in [1.29, 1.82) is 0 Å². The zero-order chi connectivity index (χ0) is 14.4. The van der Waals surface area contributed by atoms with Gasteiger partial charge in [-0.1, -0.05) is 0 Å². The van der Waals surface area contributed by atoms with Crippen molar-refractivity contribution in [1.82, 2.24) is 0 Å². The van der Waals surface area contributed by atoms with Crippen LogP contribution >= 0.6 is 10.7 Å². The zero-order valence-electron chi connectivity index (χ0n) is 8.27. The maximum Gasteiger partial charge on any atom is 0.417 e. The van der Waals surface area contributed by atoms with E-state index in [4.69, 9.17) is 10.7 Å². The number of hydrogen-bond acceptors (Lipinski definition) is 4. The molecule has 0 aliphatic rings. The molecule has 0 saturated carbocycles. The number of hydrogen-bond donors (Lipinski definition) is 1. The summed E-state index contributed by atoms with van der Waals surface area (Å²) in [5.74, 6) is 0. The standard InChI is InChI=1S/C7H5ClF3NO4S2/c8-17(13,14)6-2-1-4(18(12,15)16)3-5(6)7(9,10)11/h1-3H,(H2,12,15,16). The first-order valence-electron chi connectivity index (χ1n) is 4.02. The molecule has 0 aliphatic carbocycles. The third-order valence-corrected chi connectivity index (χ3v) is 4.14. The summed E-state index contributed by atoms with van der Waals surface area (Å²) < 4.78 is 81.5. The second-order valence-electron chi connectivity index (χ2n) is 3.14. The summed E-state index contributed by atoms with van der Waals surface area (Å²) in [4.78, 5) is -2.09. The largest absolute Gasteiger partial charge is 0.417 e. The molecule has 0 unspecified atom stereocenters. The summed E-state index contributed by atoms with van der Waals surface area (Å²) in [5.41, 5.74) is -1.69. The molecule has 1 aromatic rings. The Morgan fingerprint density at radius 1 is 1.11 bits per heavy atom. The van der Waals surface area contributed by atoms with Crippen molar-refractivity contribution >= 4 is 29.8 Å². The van der Waals surface area contributed by atoms with Gasteiger partial charge in [-0.15, -0.1) is 0 Å². The minimum absolute atomic E-state index is 0.116. The van der Waals surface area contributed by atoms with Crippen molar-refractivity contribution in [3.63, 3.8) is 0 Å². The first-order valence-corrected chi connectivity index (χ1v) is 7.88. The van der Waals surface area contributed by atoms with Gasteiger partial charge in [-0.25, -0.2) is 22.0 Å². The topological polar surface area (TPSA) is 94.3 Å². The van der Waals surface area contributed by atoms with Gasteiger partial charge in [0.1, 0.15) is 0 Å². The fraction of sp³-hybridized carbons (Fsp3) is 0.143. The van der Waals surface area contributed by atoms with Crippen molar-refractivity contribution in [2.24, 2.45) is 5.14 Å². The van der Waals surface area contributed by atoms with Gasteiger partial charge in [-0.2, -0.15) is 13.2 Å². The lowest BCUT2D eigenvalue weighted by Gasteiger charge is -2.11. The van der Waals surface area contributed by atoms with Crippen LogP contribution in [0.5, 0.6) is 0 Å². The number of alkyl halides is 3. The van der Waals surface area contributed by atoms with Crippen molar-refractivity contribution < 1.29 is 30.0 Å². The monoisotopic (exact) mass is 323 g/mol. The van der Waals surface area contributed by atoms with Gasteiger partial charge in [0, 0.05) is 10.7 Å². The Morgan fingerprint density at radius 2 is 1.61 bits per heavy atom. The van der Waals surface area contributed by atoms with Crippen LogP contribution in [0.4, 0.5) is 13.2 Å². The first kappa shape index (κ1) is 15.2. The molecule has 1 aromatic carbocycles. The molecule has 11 heteroatoms. The van der Waals surface area contributed by atoms with Gasteiger partial charge in [0.25, 0.3) is 9.05 Å². The quantitative estimate of drug-likeness (QED) is 0.829. The first-order chi connectivity index (χ1) is 7.83. The maximum absolute atomic E-state index is 12.6. The van der Waals surface area contributed by atoms with E-state index in [9.17, 15) is 30.0 Å². The highest BCUT2D eigenvalue weighted by Crippen LogP contribution is 2.36. The molecule has 0 radical (unpaired) electrons. The highest BCUT2D eigenvalue weighted by molar-refractivity contribution is 8.13. The van der Waals surface area contributed by atoms with Gasteiger partial charge in [0.15, 0.2) is 0 Å². The molecule has 0 spiro atoms. The Morgan fingerprint density at radius 3 is 1.94 bits per heavy atom. The van der Waals surface area contributed by atoms with Crippen LogP contribution in [0.15, 0.2) is 28.0 Å². The van der Waals surface area contributed by atoms with Crippen LogP contribution in [-0.2, 0) is 25.3 Å². The van der Waals surface area contributed by atoms with E-state index in [2.05, 4.69) is 5.14 Å². The smallest absolute Gasteiger partial charge is 0.225 e. The van der Waals surface area contributed by atoms with Crippen molar-refractivity contribution in [2.45, 2.75) is 16.0 Å². The van der Waals surface area contributed by atoms with Gasteiger partial charge in [-0.3, -0.25) is 0 Å². The SMILES string of the molecule is NS(=O)(=O)c1ccc(S(=O)(=O)Cl)c(C(F)(F)F)c1. The number of sulfonamides is 1. The van der Waals surface area contributed by atoms with E-state index in [1.54, 1.807) is 0 Å². The molecule has 0 saturated heterocycles. The van der Waals surface area contributed by atoms with E-state index in [0.717, 1.165) is 0 Å². The Balaban J connectivity index is 3.71. The third kappa shape index (κ3) is 3.34. The molecular formula is C7H5ClF3NO4S2. The second kappa shape index (κ2) is 4.37. The molecule has 0 aliphatic heterocycles. The molecule has 18 heavy (non-hydrogen) atoms. The van der Waals surface area contributed by atoms with Crippen molar-refractivity contribution in [3.05, 3.63) is 23.8 Å². The van der Waals surface area contributed by atoms with Crippen LogP contribution < -0.4 is 5.14 Å². The Bertz CT molecular complexity index is 681. The summed E-state index contributed by atoms with van der Waals surface area (Å²) in [6, 6.07) is 1.18. The number of nitrogens with two attached hydrogens (primary N) is 1. The normalized spacial score (nSPS) is 13.6. The van der Waals surface area contributed by atoms with Crippen LogP contribution in [0.1, 0.15) is 5.56 Å². The minimum Gasteiger partial charge on any atom is -0.225 e. The molecule has 1 rings (SSSR count). The highest BCUT2D eigenvalue weighted by atomic mass is 35.7. The number of halogens is 4. The lowest BCUT2D eigenvalue weighted by Crippen LogP contribution is -2.16. The molecular weight excluding hydrogens is 319 g/mol. The fourth-order valence-electron chi connectivity index (χ4n) is 1.12. The van der Waals surface area contributed by atoms with Crippen LogP contribution in [0.2, 0.25) is 0 Å². The average molecular weight is 324 g/mol. The molecule has 0 heterocycles. The Kier molecular flexibility index (Phi) is 3.69. The summed E-state index contributed by atoms with van der Waals surface area (Å²) >= 11 is 0. The molecule has 2 N–H and O–H groups in total. The summed E-state index contributed by atoms with van der Waals surface area (Å²) in [5, 5.41) is 4.65. The lowest BCUT2D eigenvalue weighted by atomic mass is 10.2. The van der Waals surface area contributed by atoms with Crippen LogP contribution in [0, 0.1) is 0 Å². The van der Waals surface area contributed by atoms with Gasteiger partial charge in [0.05, 0.1) is 15.4 Å². The molecule has 0 bridgehead atoms. The van der Waals surface area contributed by atoms with E-state index in [0.29, 0.717) is 12.1 Å². The summed E-state index contributed by atoms with van der Waals surface area (Å²) in [6.07, 6.45) is -5.09. The van der Waals surface area contributed by atoms with Crippen molar-refractivity contribution in [2.75, 3.05) is 0 Å². The van der Waals surface area contributed by atoms with E-state index in [1.807, 2.05) is 0 Å². The van der Waals surface area contributed by atoms with E-state index >= 15 is 0 Å². The highest BCUT2D eigenvalue weighted by Gasteiger charge is 2.37. The minimum atomic E-state index is -5.09. The fourth-order valence-corrected chi connectivity index (χ4v) is 2.73. The van der Waals surface area contributed by atoms with Gasteiger partial charge in [0.2, 0.25) is 10.0 Å². The molecule has 0 atom stereocenters. The van der Waals surface area contributed by atoms with Gasteiger partial charge in [-0.05, 0) is 18.2 Å². The molecule has 102 valence electrons. The van der Waals surface area contributed by atoms with Crippen LogP contribution in [-0.4, -0.2) is 16.8 Å². The van der Waals surface area contributed by atoms with E-state index < -0.39 is 40.6 Å². The average Bonchev–Trinajstić information content (AvgIpc) is 2.12. The molecule has 0 aromatic heterocycles. The van der Waals surface area contributed by atoms with Crippen LogP contribution in [0.3, 0.4) is 0 Å². The van der Waals surface area contributed by atoms with E-state index in [1.165, 1.54) is 0 Å². The predicted octanol–water partition coefficient (Wildman–Crippen LogP) is 1.28. The van der Waals surface area contributed by atoms with Crippen LogP contribution in [0.25, 0.3) is 0 Å².